The summed E-state index contributed by atoms with van der Waals surface area (Å²) in [5, 5.41) is 4.23. The highest BCUT2D eigenvalue weighted by Gasteiger charge is 2.16. The van der Waals surface area contributed by atoms with Gasteiger partial charge in [0, 0.05) is 12.6 Å². The Morgan fingerprint density at radius 1 is 1.18 bits per heavy atom. The SMILES string of the molecule is Cn1ncc(-c2cccc3c2CCCC3)c1N. The third kappa shape index (κ3) is 1.62. The van der Waals surface area contributed by atoms with Crippen LogP contribution in [-0.2, 0) is 19.9 Å². The van der Waals surface area contributed by atoms with Crippen LogP contribution in [0.4, 0.5) is 5.82 Å². The van der Waals surface area contributed by atoms with Gasteiger partial charge < -0.3 is 5.73 Å². The molecule has 17 heavy (non-hydrogen) atoms. The maximum atomic E-state index is 6.07. The van der Waals surface area contributed by atoms with E-state index in [0.29, 0.717) is 0 Å². The van der Waals surface area contributed by atoms with Crippen LogP contribution in [-0.4, -0.2) is 9.78 Å². The van der Waals surface area contributed by atoms with Crippen LogP contribution in [0.3, 0.4) is 0 Å². The Morgan fingerprint density at radius 3 is 2.76 bits per heavy atom. The zero-order valence-corrected chi connectivity index (χ0v) is 10.1. The van der Waals surface area contributed by atoms with E-state index >= 15 is 0 Å². The van der Waals surface area contributed by atoms with Crippen LogP contribution in [0, 0.1) is 0 Å². The number of hydrogen-bond donors (Lipinski definition) is 1. The van der Waals surface area contributed by atoms with Crippen LogP contribution in [0.5, 0.6) is 0 Å². The lowest BCUT2D eigenvalue weighted by atomic mass is 9.86. The number of rotatable bonds is 1. The lowest BCUT2D eigenvalue weighted by Crippen LogP contribution is -2.05. The maximum Gasteiger partial charge on any atom is 0.129 e. The second kappa shape index (κ2) is 3.91. The smallest absolute Gasteiger partial charge is 0.129 e. The molecule has 0 aliphatic heterocycles. The molecule has 0 bridgehead atoms. The van der Waals surface area contributed by atoms with E-state index in [9.17, 15) is 0 Å². The average molecular weight is 227 g/mol. The van der Waals surface area contributed by atoms with E-state index in [-0.39, 0.29) is 0 Å². The number of aromatic nitrogens is 2. The van der Waals surface area contributed by atoms with Crippen molar-refractivity contribution in [3.63, 3.8) is 0 Å². The topological polar surface area (TPSA) is 43.8 Å². The van der Waals surface area contributed by atoms with Crippen molar-refractivity contribution in [3.05, 3.63) is 35.5 Å². The van der Waals surface area contributed by atoms with Gasteiger partial charge in [0.2, 0.25) is 0 Å². The van der Waals surface area contributed by atoms with Crippen molar-refractivity contribution < 1.29 is 0 Å². The quantitative estimate of drug-likeness (QED) is 0.813. The molecule has 3 rings (SSSR count). The minimum atomic E-state index is 0.754. The molecule has 1 heterocycles. The second-order valence-corrected chi connectivity index (χ2v) is 4.72. The molecule has 2 aromatic rings. The summed E-state index contributed by atoms with van der Waals surface area (Å²) in [5.74, 6) is 0.754. The first kappa shape index (κ1) is 10.4. The molecule has 2 N–H and O–H groups in total. The predicted octanol–water partition coefficient (Wildman–Crippen LogP) is 2.55. The third-order valence-electron chi connectivity index (χ3n) is 3.67. The fraction of sp³-hybridized carbons (Fsp3) is 0.357. The van der Waals surface area contributed by atoms with Crippen molar-refractivity contribution in [1.82, 2.24) is 9.78 Å². The normalized spacial score (nSPS) is 14.6. The zero-order chi connectivity index (χ0) is 11.8. The molecule has 1 aliphatic carbocycles. The van der Waals surface area contributed by atoms with E-state index in [0.717, 1.165) is 11.4 Å². The largest absolute Gasteiger partial charge is 0.383 e. The summed E-state index contributed by atoms with van der Waals surface area (Å²) in [6.07, 6.45) is 6.83. The van der Waals surface area contributed by atoms with Crippen LogP contribution in [0.25, 0.3) is 11.1 Å². The molecule has 0 radical (unpaired) electrons. The molecule has 0 fully saturated rings. The molecule has 0 atom stereocenters. The van der Waals surface area contributed by atoms with E-state index in [1.165, 1.54) is 42.4 Å². The van der Waals surface area contributed by atoms with Crippen LogP contribution in [0.1, 0.15) is 24.0 Å². The molecule has 0 saturated carbocycles. The van der Waals surface area contributed by atoms with Gasteiger partial charge in [0.15, 0.2) is 0 Å². The summed E-state index contributed by atoms with van der Waals surface area (Å²) in [7, 11) is 1.88. The number of hydrogen-bond acceptors (Lipinski definition) is 2. The zero-order valence-electron chi connectivity index (χ0n) is 10.1. The highest BCUT2D eigenvalue weighted by molar-refractivity contribution is 5.77. The van der Waals surface area contributed by atoms with E-state index in [4.69, 9.17) is 5.73 Å². The standard InChI is InChI=1S/C14H17N3/c1-17-14(15)13(9-16-17)12-8-4-6-10-5-2-3-7-11(10)12/h4,6,8-9H,2-3,5,7,15H2,1H3. The van der Waals surface area contributed by atoms with Gasteiger partial charge in [-0.3, -0.25) is 4.68 Å². The first-order chi connectivity index (χ1) is 8.27. The maximum absolute atomic E-state index is 6.07. The Hall–Kier alpha value is -1.77. The molecule has 3 nitrogen and oxygen atoms in total. The van der Waals surface area contributed by atoms with Crippen molar-refractivity contribution >= 4 is 5.82 Å². The highest BCUT2D eigenvalue weighted by Crippen LogP contribution is 2.33. The molecule has 1 aromatic carbocycles. The van der Waals surface area contributed by atoms with Gasteiger partial charge in [-0.15, -0.1) is 0 Å². The molecular weight excluding hydrogens is 210 g/mol. The summed E-state index contributed by atoms with van der Waals surface area (Å²) >= 11 is 0. The number of nitrogen functional groups attached to an aromatic ring is 1. The summed E-state index contributed by atoms with van der Waals surface area (Å²) in [6.45, 7) is 0. The Balaban J connectivity index is 2.18. The van der Waals surface area contributed by atoms with Crippen molar-refractivity contribution in [2.75, 3.05) is 5.73 Å². The summed E-state index contributed by atoms with van der Waals surface area (Å²) < 4.78 is 1.73. The fourth-order valence-corrected chi connectivity index (χ4v) is 2.69. The number of nitrogens with zero attached hydrogens (tertiary/aromatic N) is 2. The molecular formula is C14H17N3. The highest BCUT2D eigenvalue weighted by atomic mass is 15.3. The number of fused-ring (bicyclic) bond motifs is 1. The number of nitrogens with two attached hydrogens (primary N) is 1. The first-order valence-corrected chi connectivity index (χ1v) is 6.16. The number of aryl methyl sites for hydroxylation is 2. The molecule has 0 amide bonds. The van der Waals surface area contributed by atoms with Crippen molar-refractivity contribution in [2.45, 2.75) is 25.7 Å². The van der Waals surface area contributed by atoms with E-state index in [1.807, 2.05) is 13.2 Å². The first-order valence-electron chi connectivity index (χ1n) is 6.16. The van der Waals surface area contributed by atoms with Gasteiger partial charge in [0.25, 0.3) is 0 Å². The Morgan fingerprint density at radius 2 is 2.00 bits per heavy atom. The van der Waals surface area contributed by atoms with E-state index in [2.05, 4.69) is 23.3 Å². The lowest BCUT2D eigenvalue weighted by Gasteiger charge is -2.19. The third-order valence-corrected chi connectivity index (χ3v) is 3.67. The molecule has 88 valence electrons. The van der Waals surface area contributed by atoms with Crippen molar-refractivity contribution in [2.24, 2.45) is 7.05 Å². The van der Waals surface area contributed by atoms with Crippen LogP contribution < -0.4 is 5.73 Å². The number of anilines is 1. The van der Waals surface area contributed by atoms with Crippen molar-refractivity contribution in [1.29, 1.82) is 0 Å². The molecule has 0 spiro atoms. The summed E-state index contributed by atoms with van der Waals surface area (Å²) in [4.78, 5) is 0. The molecule has 0 unspecified atom stereocenters. The van der Waals surface area contributed by atoms with Crippen LogP contribution in [0.15, 0.2) is 24.4 Å². The average Bonchev–Trinajstić information content (AvgIpc) is 2.69. The van der Waals surface area contributed by atoms with Gasteiger partial charge in [0.1, 0.15) is 5.82 Å². The monoisotopic (exact) mass is 227 g/mol. The Kier molecular flexibility index (Phi) is 2.39. The molecule has 0 saturated heterocycles. The lowest BCUT2D eigenvalue weighted by molar-refractivity contribution is 0.687. The summed E-state index contributed by atoms with van der Waals surface area (Å²) in [5.41, 5.74) is 11.4. The summed E-state index contributed by atoms with van der Waals surface area (Å²) in [6, 6.07) is 6.54. The second-order valence-electron chi connectivity index (χ2n) is 4.72. The Bertz CT molecular complexity index is 555. The molecule has 1 aromatic heterocycles. The number of benzene rings is 1. The molecule has 3 heteroatoms. The van der Waals surface area contributed by atoms with Crippen LogP contribution in [0.2, 0.25) is 0 Å². The van der Waals surface area contributed by atoms with Gasteiger partial charge in [-0.2, -0.15) is 5.10 Å². The van der Waals surface area contributed by atoms with Gasteiger partial charge >= 0.3 is 0 Å². The van der Waals surface area contributed by atoms with Gasteiger partial charge in [-0.05, 0) is 42.4 Å². The minimum absolute atomic E-state index is 0.754. The Labute approximate surface area is 101 Å². The predicted molar refractivity (Wildman–Crippen MR) is 69.7 cm³/mol. The van der Waals surface area contributed by atoms with Crippen molar-refractivity contribution in [3.8, 4) is 11.1 Å². The van der Waals surface area contributed by atoms with Crippen LogP contribution >= 0.6 is 0 Å². The molecule has 1 aliphatic rings. The van der Waals surface area contributed by atoms with Gasteiger partial charge in [-0.1, -0.05) is 18.2 Å². The fourth-order valence-electron chi connectivity index (χ4n) is 2.69. The van der Waals surface area contributed by atoms with E-state index < -0.39 is 0 Å². The van der Waals surface area contributed by atoms with Gasteiger partial charge in [-0.25, -0.2) is 0 Å². The van der Waals surface area contributed by atoms with E-state index in [1.54, 1.807) is 4.68 Å². The minimum Gasteiger partial charge on any atom is -0.383 e. The van der Waals surface area contributed by atoms with Gasteiger partial charge in [0.05, 0.1) is 6.20 Å².